The lowest BCUT2D eigenvalue weighted by molar-refractivity contribution is 0.568. The van der Waals surface area contributed by atoms with Gasteiger partial charge < -0.3 is 0 Å². The van der Waals surface area contributed by atoms with Crippen molar-refractivity contribution < 1.29 is 4.39 Å². The lowest BCUT2D eigenvalue weighted by Crippen LogP contribution is -2.03. The van der Waals surface area contributed by atoms with Crippen LogP contribution in [0.1, 0.15) is 5.69 Å². The van der Waals surface area contributed by atoms with Gasteiger partial charge in [-0.05, 0) is 0 Å². The van der Waals surface area contributed by atoms with Gasteiger partial charge in [-0.2, -0.15) is 14.7 Å². The molecule has 10 heavy (non-hydrogen) atoms. The molecule has 1 aromatic heterocycles. The van der Waals surface area contributed by atoms with Crippen LogP contribution in [0.4, 0.5) is 4.39 Å². The molecular formula is C3HCl3FN3. The zero-order valence-electron chi connectivity index (χ0n) is 4.41. The Kier molecular flexibility index (Phi) is 2.03. The summed E-state index contributed by atoms with van der Waals surface area (Å²) < 4.78 is 10.5. The van der Waals surface area contributed by atoms with Crippen LogP contribution in [-0.2, 0) is 3.79 Å². The third kappa shape index (κ3) is 1.51. The number of halogens is 4. The Morgan fingerprint density at radius 1 is 1.30 bits per heavy atom. The minimum atomic E-state index is -1.85. The fourth-order valence-corrected chi connectivity index (χ4v) is 0.759. The van der Waals surface area contributed by atoms with Crippen LogP contribution in [0.5, 0.6) is 0 Å². The lowest BCUT2D eigenvalue weighted by Gasteiger charge is -2.03. The monoisotopic (exact) mass is 203 g/mol. The third-order valence-corrected chi connectivity index (χ3v) is 1.31. The van der Waals surface area contributed by atoms with E-state index >= 15 is 0 Å². The van der Waals surface area contributed by atoms with Gasteiger partial charge in [0, 0.05) is 0 Å². The third-order valence-electron chi connectivity index (χ3n) is 0.774. The second kappa shape index (κ2) is 2.53. The summed E-state index contributed by atoms with van der Waals surface area (Å²) in [6, 6.07) is 0. The maximum absolute atomic E-state index is 12.4. The van der Waals surface area contributed by atoms with E-state index in [1.165, 1.54) is 0 Å². The summed E-state index contributed by atoms with van der Waals surface area (Å²) in [6.45, 7) is 0. The molecule has 0 bridgehead atoms. The lowest BCUT2D eigenvalue weighted by atomic mass is 10.5. The molecule has 0 radical (unpaired) electrons. The molecule has 7 heteroatoms. The molecule has 0 fully saturated rings. The van der Waals surface area contributed by atoms with Gasteiger partial charge in [0.05, 0.1) is 0 Å². The van der Waals surface area contributed by atoms with Crippen molar-refractivity contribution in [3.63, 3.8) is 0 Å². The topological polar surface area (TPSA) is 41.6 Å². The fraction of sp³-hybridized carbons (Fsp3) is 0.333. The second-order valence-electron chi connectivity index (χ2n) is 1.46. The number of alkyl halides is 3. The number of hydrogen-bond acceptors (Lipinski definition) is 2. The van der Waals surface area contributed by atoms with Gasteiger partial charge in [0.15, 0.2) is 5.69 Å². The first-order valence-corrected chi connectivity index (χ1v) is 3.28. The van der Waals surface area contributed by atoms with Gasteiger partial charge in [-0.1, -0.05) is 34.8 Å². The van der Waals surface area contributed by atoms with Gasteiger partial charge in [-0.3, -0.25) is 0 Å². The molecule has 0 aliphatic carbocycles. The number of aromatic nitrogens is 3. The van der Waals surface area contributed by atoms with E-state index in [2.05, 4.69) is 10.2 Å². The van der Waals surface area contributed by atoms with E-state index in [0.717, 1.165) is 0 Å². The normalized spacial score (nSPS) is 12.0. The number of nitrogens with zero attached hydrogens (tertiary/aromatic N) is 2. The second-order valence-corrected chi connectivity index (χ2v) is 3.74. The predicted molar refractivity (Wildman–Crippen MR) is 35.6 cm³/mol. The van der Waals surface area contributed by atoms with Crippen molar-refractivity contribution in [3.8, 4) is 0 Å². The Morgan fingerprint density at radius 3 is 2.10 bits per heavy atom. The molecule has 0 atom stereocenters. The molecule has 1 heterocycles. The average molecular weight is 204 g/mol. The van der Waals surface area contributed by atoms with E-state index in [-0.39, 0.29) is 5.69 Å². The Bertz CT molecular complexity index is 229. The molecule has 0 saturated carbocycles. The van der Waals surface area contributed by atoms with Crippen molar-refractivity contribution in [3.05, 3.63) is 11.6 Å². The molecule has 0 aliphatic rings. The van der Waals surface area contributed by atoms with E-state index in [1.807, 2.05) is 5.21 Å². The molecule has 1 N–H and O–H groups in total. The molecule has 0 aliphatic heterocycles. The van der Waals surface area contributed by atoms with E-state index in [9.17, 15) is 4.39 Å². The summed E-state index contributed by atoms with van der Waals surface area (Å²) >= 11 is 15.8. The molecule has 0 spiro atoms. The smallest absolute Gasteiger partial charge is 0.195 e. The molecule has 56 valence electrons. The van der Waals surface area contributed by atoms with Crippen LogP contribution in [-0.4, -0.2) is 15.4 Å². The van der Waals surface area contributed by atoms with Crippen molar-refractivity contribution in [2.24, 2.45) is 0 Å². The number of aromatic amines is 1. The van der Waals surface area contributed by atoms with E-state index in [4.69, 9.17) is 34.8 Å². The SMILES string of the molecule is Fc1n[nH]nc1C(Cl)(Cl)Cl. The number of hydrogen-bond donors (Lipinski definition) is 1. The highest BCUT2D eigenvalue weighted by Gasteiger charge is 2.30. The van der Waals surface area contributed by atoms with Gasteiger partial charge >= 0.3 is 0 Å². The zero-order valence-corrected chi connectivity index (χ0v) is 6.67. The summed E-state index contributed by atoms with van der Waals surface area (Å²) in [6.07, 6.45) is 0. The summed E-state index contributed by atoms with van der Waals surface area (Å²) in [7, 11) is 0. The number of nitrogens with one attached hydrogen (secondary N) is 1. The van der Waals surface area contributed by atoms with Crippen molar-refractivity contribution in [2.45, 2.75) is 3.79 Å². The van der Waals surface area contributed by atoms with Crippen LogP contribution in [0, 0.1) is 5.95 Å². The van der Waals surface area contributed by atoms with E-state index in [0.29, 0.717) is 0 Å². The molecule has 0 saturated heterocycles. The number of H-pyrrole nitrogens is 1. The summed E-state index contributed by atoms with van der Waals surface area (Å²) in [5.41, 5.74) is -0.322. The predicted octanol–water partition coefficient (Wildman–Crippen LogP) is 1.77. The zero-order chi connectivity index (χ0) is 7.78. The van der Waals surface area contributed by atoms with Gasteiger partial charge in [-0.25, -0.2) is 0 Å². The summed E-state index contributed by atoms with van der Waals surface area (Å²) in [5, 5.41) is 8.28. The molecule has 1 rings (SSSR count). The van der Waals surface area contributed by atoms with Crippen LogP contribution in [0.2, 0.25) is 0 Å². The minimum Gasteiger partial charge on any atom is -0.195 e. The highest BCUT2D eigenvalue weighted by molar-refractivity contribution is 6.66. The first-order valence-electron chi connectivity index (χ1n) is 2.15. The largest absolute Gasteiger partial charge is 0.260 e. The highest BCUT2D eigenvalue weighted by Crippen LogP contribution is 2.37. The van der Waals surface area contributed by atoms with Crippen molar-refractivity contribution in [1.82, 2.24) is 15.4 Å². The van der Waals surface area contributed by atoms with Gasteiger partial charge in [0.2, 0.25) is 3.79 Å². The Balaban J connectivity index is 3.05. The van der Waals surface area contributed by atoms with Crippen LogP contribution < -0.4 is 0 Å². The molecule has 0 unspecified atom stereocenters. The minimum absolute atomic E-state index is 0.322. The van der Waals surface area contributed by atoms with Crippen molar-refractivity contribution in [2.75, 3.05) is 0 Å². The summed E-state index contributed by atoms with van der Waals surface area (Å²) in [4.78, 5) is 0. The molecule has 3 nitrogen and oxygen atoms in total. The van der Waals surface area contributed by atoms with Crippen LogP contribution in [0.3, 0.4) is 0 Å². The van der Waals surface area contributed by atoms with Crippen LogP contribution in [0.25, 0.3) is 0 Å². The van der Waals surface area contributed by atoms with E-state index < -0.39 is 9.74 Å². The van der Waals surface area contributed by atoms with Crippen LogP contribution in [0.15, 0.2) is 0 Å². The van der Waals surface area contributed by atoms with Gasteiger partial charge in [0.1, 0.15) is 0 Å². The molecule has 0 aromatic carbocycles. The summed E-state index contributed by atoms with van der Waals surface area (Å²) in [5.74, 6) is -0.903. The van der Waals surface area contributed by atoms with Crippen LogP contribution >= 0.6 is 34.8 Å². The van der Waals surface area contributed by atoms with Gasteiger partial charge in [-0.15, -0.1) is 5.10 Å². The average Bonchev–Trinajstić information content (AvgIpc) is 2.11. The fourth-order valence-electron chi connectivity index (χ4n) is 0.398. The Hall–Kier alpha value is -0.0600. The molecule has 0 amide bonds. The van der Waals surface area contributed by atoms with E-state index in [1.54, 1.807) is 0 Å². The highest BCUT2D eigenvalue weighted by atomic mass is 35.6. The first-order chi connectivity index (χ1) is 4.52. The first kappa shape index (κ1) is 8.04. The maximum atomic E-state index is 12.4. The van der Waals surface area contributed by atoms with Crippen molar-refractivity contribution >= 4 is 34.8 Å². The van der Waals surface area contributed by atoms with Crippen molar-refractivity contribution in [1.29, 1.82) is 0 Å². The maximum Gasteiger partial charge on any atom is 0.260 e. The quantitative estimate of drug-likeness (QED) is 0.655. The Morgan fingerprint density at radius 2 is 1.90 bits per heavy atom. The Labute approximate surface area is 70.5 Å². The van der Waals surface area contributed by atoms with Gasteiger partial charge in [0.25, 0.3) is 5.95 Å². The number of rotatable bonds is 0. The molecular weight excluding hydrogens is 203 g/mol. The molecule has 1 aromatic rings. The standard InChI is InChI=1S/C3HCl3FN3/c4-3(5,6)1-2(7)9-10-8-1/h(H,8,9,10).